The second-order valence-corrected chi connectivity index (χ2v) is 10.7. The lowest BCUT2D eigenvalue weighted by atomic mass is 10.0. The van der Waals surface area contributed by atoms with E-state index in [4.69, 9.17) is 9.47 Å². The number of hydrogen-bond donors (Lipinski definition) is 0. The summed E-state index contributed by atoms with van der Waals surface area (Å²) in [5.74, 6) is 5.48. The highest BCUT2D eigenvalue weighted by Gasteiger charge is 2.50. The van der Waals surface area contributed by atoms with Gasteiger partial charge in [0.25, 0.3) is 0 Å². The fourth-order valence-electron chi connectivity index (χ4n) is 3.11. The number of thioether (sulfide) groups is 1. The molecular formula is C19H25NO5S2. The van der Waals surface area contributed by atoms with Gasteiger partial charge in [-0.05, 0) is 45.0 Å². The predicted molar refractivity (Wildman–Crippen MR) is 106 cm³/mol. The van der Waals surface area contributed by atoms with Crippen LogP contribution in [0.4, 0.5) is 0 Å². The number of methoxy groups -OCH3 is 1. The molecule has 1 aliphatic rings. The molecule has 6 nitrogen and oxygen atoms in total. The van der Waals surface area contributed by atoms with Gasteiger partial charge in [0.1, 0.15) is 18.4 Å². The first-order valence-corrected chi connectivity index (χ1v) is 10.9. The van der Waals surface area contributed by atoms with E-state index in [1.807, 2.05) is 20.8 Å². The minimum Gasteiger partial charge on any atom is -0.481 e. The lowest BCUT2D eigenvalue weighted by Gasteiger charge is -2.45. The van der Waals surface area contributed by atoms with E-state index in [0.29, 0.717) is 5.75 Å². The Morgan fingerprint density at radius 1 is 1.33 bits per heavy atom. The van der Waals surface area contributed by atoms with Crippen molar-refractivity contribution in [2.24, 2.45) is 0 Å². The molecule has 1 fully saturated rings. The van der Waals surface area contributed by atoms with Gasteiger partial charge in [0.15, 0.2) is 0 Å². The number of ether oxygens (including phenoxy) is 2. The highest BCUT2D eigenvalue weighted by Crippen LogP contribution is 2.42. The van der Waals surface area contributed by atoms with Gasteiger partial charge in [-0.25, -0.2) is 8.42 Å². The highest BCUT2D eigenvalue weighted by atomic mass is 32.2. The minimum atomic E-state index is -3.88. The normalized spacial score (nSPS) is 22.4. The molecule has 1 unspecified atom stereocenters. The van der Waals surface area contributed by atoms with Crippen LogP contribution in [0.1, 0.15) is 27.7 Å². The van der Waals surface area contributed by atoms with Crippen molar-refractivity contribution in [3.05, 3.63) is 24.3 Å². The zero-order valence-corrected chi connectivity index (χ0v) is 17.8. The Bertz CT molecular complexity index is 837. The van der Waals surface area contributed by atoms with Crippen LogP contribution in [0, 0.1) is 11.8 Å². The molecular weight excluding hydrogens is 386 g/mol. The third-order valence-corrected chi connectivity index (χ3v) is 7.46. The van der Waals surface area contributed by atoms with E-state index in [0.717, 1.165) is 0 Å². The standard InChI is InChI=1S/C19H25NO5S2/c1-6-7-12-25-15-8-10-16(11-9-15)27(22,23)20-13-14(2)26-19(3,4)17(20)18(21)24-5/h8-11,14,17H,12-13H2,1-5H3/t14?,17-/m0/s1. The first kappa shape index (κ1) is 21.6. The van der Waals surface area contributed by atoms with Gasteiger partial charge in [-0.3, -0.25) is 4.79 Å². The molecule has 2 rings (SSSR count). The van der Waals surface area contributed by atoms with Crippen LogP contribution in [0.3, 0.4) is 0 Å². The van der Waals surface area contributed by atoms with Crippen molar-refractivity contribution < 1.29 is 22.7 Å². The maximum absolute atomic E-state index is 13.3. The summed E-state index contributed by atoms with van der Waals surface area (Å²) in [5, 5.41) is 0.0471. The number of esters is 1. The molecule has 0 aromatic heterocycles. The molecule has 0 amide bonds. The number of nitrogens with zero attached hydrogens (tertiary/aromatic N) is 1. The Kier molecular flexibility index (Phi) is 6.84. The maximum atomic E-state index is 13.3. The Balaban J connectivity index is 2.36. The largest absolute Gasteiger partial charge is 0.481 e. The number of carbonyl (C=O) groups is 1. The predicted octanol–water partition coefficient (Wildman–Crippen LogP) is 2.53. The molecule has 1 aromatic carbocycles. The van der Waals surface area contributed by atoms with Gasteiger partial charge < -0.3 is 9.47 Å². The topological polar surface area (TPSA) is 72.9 Å². The quantitative estimate of drug-likeness (QED) is 0.548. The fraction of sp³-hybridized carbons (Fsp3) is 0.526. The first-order valence-electron chi connectivity index (χ1n) is 8.53. The summed E-state index contributed by atoms with van der Waals surface area (Å²) < 4.78 is 37.5. The number of benzene rings is 1. The van der Waals surface area contributed by atoms with Gasteiger partial charge in [0.05, 0.1) is 12.0 Å². The number of carbonyl (C=O) groups excluding carboxylic acids is 1. The van der Waals surface area contributed by atoms with Crippen LogP contribution in [0.25, 0.3) is 0 Å². The van der Waals surface area contributed by atoms with E-state index in [1.165, 1.54) is 23.5 Å². The highest BCUT2D eigenvalue weighted by molar-refractivity contribution is 8.01. The molecule has 1 heterocycles. The van der Waals surface area contributed by atoms with Crippen molar-refractivity contribution in [1.29, 1.82) is 0 Å². The number of hydrogen-bond acceptors (Lipinski definition) is 6. The van der Waals surface area contributed by atoms with Gasteiger partial charge in [-0.15, -0.1) is 17.7 Å². The molecule has 0 N–H and O–H groups in total. The Hall–Kier alpha value is -1.69. The van der Waals surface area contributed by atoms with Gasteiger partial charge in [0.2, 0.25) is 10.0 Å². The molecule has 8 heteroatoms. The second-order valence-electron chi connectivity index (χ2n) is 6.72. The van der Waals surface area contributed by atoms with E-state index in [1.54, 1.807) is 30.8 Å². The second kappa shape index (κ2) is 8.55. The fourth-order valence-corrected chi connectivity index (χ4v) is 6.69. The smallest absolute Gasteiger partial charge is 0.325 e. The van der Waals surface area contributed by atoms with Crippen LogP contribution in [-0.2, 0) is 19.6 Å². The Morgan fingerprint density at radius 3 is 2.52 bits per heavy atom. The van der Waals surface area contributed by atoms with E-state index < -0.39 is 26.8 Å². The summed E-state index contributed by atoms with van der Waals surface area (Å²) in [4.78, 5) is 12.5. The van der Waals surface area contributed by atoms with Gasteiger partial charge >= 0.3 is 5.97 Å². The number of sulfonamides is 1. The van der Waals surface area contributed by atoms with Gasteiger partial charge in [-0.1, -0.05) is 12.8 Å². The lowest BCUT2D eigenvalue weighted by Crippen LogP contribution is -2.60. The molecule has 1 aromatic rings. The van der Waals surface area contributed by atoms with Crippen molar-refractivity contribution in [2.75, 3.05) is 20.3 Å². The van der Waals surface area contributed by atoms with Crippen molar-refractivity contribution >= 4 is 27.8 Å². The van der Waals surface area contributed by atoms with E-state index >= 15 is 0 Å². The van der Waals surface area contributed by atoms with Gasteiger partial charge in [0, 0.05) is 16.5 Å². The molecule has 0 spiro atoms. The van der Waals surface area contributed by atoms with E-state index in [9.17, 15) is 13.2 Å². The zero-order valence-electron chi connectivity index (χ0n) is 16.2. The van der Waals surface area contributed by atoms with Crippen LogP contribution < -0.4 is 4.74 Å². The molecule has 2 atom stereocenters. The molecule has 0 radical (unpaired) electrons. The molecule has 0 saturated carbocycles. The third kappa shape index (κ3) is 4.78. The van der Waals surface area contributed by atoms with Gasteiger partial charge in [-0.2, -0.15) is 4.31 Å². The molecule has 0 bridgehead atoms. The Morgan fingerprint density at radius 2 is 1.96 bits per heavy atom. The summed E-state index contributed by atoms with van der Waals surface area (Å²) >= 11 is 1.58. The third-order valence-electron chi connectivity index (χ3n) is 4.23. The summed E-state index contributed by atoms with van der Waals surface area (Å²) in [6, 6.07) is 5.25. The van der Waals surface area contributed by atoms with Crippen molar-refractivity contribution in [2.45, 2.75) is 48.6 Å². The Labute approximate surface area is 165 Å². The monoisotopic (exact) mass is 411 g/mol. The first-order chi connectivity index (χ1) is 12.6. The molecule has 27 heavy (non-hydrogen) atoms. The summed E-state index contributed by atoms with van der Waals surface area (Å²) in [5.41, 5.74) is 0. The van der Waals surface area contributed by atoms with Crippen LogP contribution in [-0.4, -0.2) is 55.0 Å². The van der Waals surface area contributed by atoms with Crippen LogP contribution >= 0.6 is 11.8 Å². The molecule has 1 saturated heterocycles. The lowest BCUT2D eigenvalue weighted by molar-refractivity contribution is -0.146. The van der Waals surface area contributed by atoms with Crippen LogP contribution in [0.15, 0.2) is 29.2 Å². The van der Waals surface area contributed by atoms with E-state index in [-0.39, 0.29) is 23.3 Å². The maximum Gasteiger partial charge on any atom is 0.325 e. The average Bonchev–Trinajstić information content (AvgIpc) is 2.60. The molecule has 1 aliphatic heterocycles. The van der Waals surface area contributed by atoms with Crippen molar-refractivity contribution in [3.8, 4) is 17.6 Å². The number of rotatable bonds is 5. The molecule has 148 valence electrons. The SMILES string of the molecule is CC#CCOc1ccc(S(=O)(=O)N2CC(C)SC(C)(C)[C@@H]2C(=O)OC)cc1. The summed E-state index contributed by atoms with van der Waals surface area (Å²) in [7, 11) is -2.60. The van der Waals surface area contributed by atoms with Crippen molar-refractivity contribution in [3.63, 3.8) is 0 Å². The average molecular weight is 412 g/mol. The minimum absolute atomic E-state index is 0.0471. The van der Waals surface area contributed by atoms with Crippen LogP contribution in [0.2, 0.25) is 0 Å². The molecule has 0 aliphatic carbocycles. The van der Waals surface area contributed by atoms with Crippen LogP contribution in [0.5, 0.6) is 5.75 Å². The summed E-state index contributed by atoms with van der Waals surface area (Å²) in [6.07, 6.45) is 0. The zero-order chi connectivity index (χ0) is 20.2. The van der Waals surface area contributed by atoms with Crippen molar-refractivity contribution in [1.82, 2.24) is 4.31 Å². The summed E-state index contributed by atoms with van der Waals surface area (Å²) in [6.45, 7) is 7.87. The van der Waals surface area contributed by atoms with E-state index in [2.05, 4.69) is 11.8 Å².